The number of aromatic nitrogens is 2. The van der Waals surface area contributed by atoms with Crippen molar-refractivity contribution in [3.8, 4) is 0 Å². The molecule has 0 saturated carbocycles. The predicted molar refractivity (Wildman–Crippen MR) is 63.9 cm³/mol. The second-order valence-corrected chi connectivity index (χ2v) is 5.39. The Balaban J connectivity index is 2.03. The number of hydrogen-bond acceptors (Lipinski definition) is 3. The molecule has 0 radical (unpaired) electrons. The summed E-state index contributed by atoms with van der Waals surface area (Å²) in [6.45, 7) is 0. The first-order chi connectivity index (χ1) is 7.66. The number of thioether (sulfide) groups is 1. The molecule has 0 spiro atoms. The third kappa shape index (κ3) is 2.58. The molecule has 5 heteroatoms. The average molecular weight is 240 g/mol. The highest BCUT2D eigenvalue weighted by atomic mass is 32.2. The minimum absolute atomic E-state index is 0.276. The van der Waals surface area contributed by atoms with Crippen molar-refractivity contribution in [3.63, 3.8) is 0 Å². The Bertz CT molecular complexity index is 383. The number of rotatable bonds is 3. The molecule has 88 valence electrons. The van der Waals surface area contributed by atoms with E-state index in [1.165, 1.54) is 29.0 Å². The second-order valence-electron chi connectivity index (χ2n) is 4.24. The molecule has 1 saturated heterocycles. The Kier molecular flexibility index (Phi) is 3.53. The fraction of sp³-hybridized carbons (Fsp3) is 0.636. The Labute approximate surface area is 99.0 Å². The normalized spacial score (nSPS) is 20.9. The molecule has 1 fully saturated rings. The van der Waals surface area contributed by atoms with Crippen molar-refractivity contribution in [1.29, 1.82) is 0 Å². The molecule has 1 aromatic heterocycles. The molecule has 4 nitrogen and oxygen atoms in total. The molecule has 16 heavy (non-hydrogen) atoms. The number of aryl methyl sites for hydroxylation is 1. The smallest absolute Gasteiger partial charge is 0.354 e. The number of aromatic carboxylic acids is 1. The highest BCUT2D eigenvalue weighted by Gasteiger charge is 2.18. The first kappa shape index (κ1) is 11.5. The zero-order chi connectivity index (χ0) is 11.5. The van der Waals surface area contributed by atoms with Gasteiger partial charge in [-0.15, -0.1) is 0 Å². The summed E-state index contributed by atoms with van der Waals surface area (Å²) < 4.78 is 1.45. The van der Waals surface area contributed by atoms with Crippen LogP contribution in [-0.4, -0.2) is 32.4 Å². The monoisotopic (exact) mass is 240 g/mol. The molecule has 2 rings (SSSR count). The van der Waals surface area contributed by atoms with Gasteiger partial charge in [0.2, 0.25) is 0 Å². The standard InChI is InChI=1S/C11H16N2O2S/c1-13-10(11(14)15)6-9(12-13)5-8-3-2-4-16-7-8/h6,8H,2-5,7H2,1H3,(H,14,15). The van der Waals surface area contributed by atoms with Gasteiger partial charge in [0.25, 0.3) is 0 Å². The Hall–Kier alpha value is -0.970. The Morgan fingerprint density at radius 1 is 1.75 bits per heavy atom. The van der Waals surface area contributed by atoms with E-state index in [1.807, 2.05) is 11.8 Å². The lowest BCUT2D eigenvalue weighted by molar-refractivity contribution is 0.0685. The number of carboxylic acids is 1. The Morgan fingerprint density at radius 3 is 3.12 bits per heavy atom. The minimum Gasteiger partial charge on any atom is -0.477 e. The van der Waals surface area contributed by atoms with Gasteiger partial charge < -0.3 is 5.11 Å². The molecule has 0 bridgehead atoms. The summed E-state index contributed by atoms with van der Waals surface area (Å²) in [5.74, 6) is 2.20. The van der Waals surface area contributed by atoms with E-state index in [-0.39, 0.29) is 5.69 Å². The molecule has 0 amide bonds. The van der Waals surface area contributed by atoms with Crippen molar-refractivity contribution >= 4 is 17.7 Å². The van der Waals surface area contributed by atoms with Crippen molar-refractivity contribution in [2.45, 2.75) is 19.3 Å². The van der Waals surface area contributed by atoms with E-state index in [1.54, 1.807) is 13.1 Å². The number of carbonyl (C=O) groups is 1. The lowest BCUT2D eigenvalue weighted by Gasteiger charge is -2.19. The summed E-state index contributed by atoms with van der Waals surface area (Å²) in [7, 11) is 1.68. The van der Waals surface area contributed by atoms with Gasteiger partial charge in [-0.2, -0.15) is 16.9 Å². The van der Waals surface area contributed by atoms with Crippen molar-refractivity contribution in [2.24, 2.45) is 13.0 Å². The van der Waals surface area contributed by atoms with Crippen LogP contribution in [0.4, 0.5) is 0 Å². The van der Waals surface area contributed by atoms with Crippen LogP contribution in [0.5, 0.6) is 0 Å². The minimum atomic E-state index is -0.903. The maximum atomic E-state index is 10.9. The van der Waals surface area contributed by atoms with E-state index in [2.05, 4.69) is 5.10 Å². The van der Waals surface area contributed by atoms with E-state index in [9.17, 15) is 4.79 Å². The second kappa shape index (κ2) is 4.91. The lowest BCUT2D eigenvalue weighted by atomic mass is 9.99. The van der Waals surface area contributed by atoms with Crippen molar-refractivity contribution < 1.29 is 9.90 Å². The molecule has 1 N–H and O–H groups in total. The zero-order valence-corrected chi connectivity index (χ0v) is 10.2. The van der Waals surface area contributed by atoms with Gasteiger partial charge in [-0.3, -0.25) is 4.68 Å². The van der Waals surface area contributed by atoms with Gasteiger partial charge in [-0.1, -0.05) is 0 Å². The highest BCUT2D eigenvalue weighted by Crippen LogP contribution is 2.25. The topological polar surface area (TPSA) is 55.1 Å². The predicted octanol–water partition coefficient (Wildman–Crippen LogP) is 1.80. The van der Waals surface area contributed by atoms with Crippen molar-refractivity contribution in [3.05, 3.63) is 17.5 Å². The largest absolute Gasteiger partial charge is 0.477 e. The molecule has 1 aromatic rings. The van der Waals surface area contributed by atoms with E-state index >= 15 is 0 Å². The maximum absolute atomic E-state index is 10.9. The van der Waals surface area contributed by atoms with Crippen molar-refractivity contribution in [2.75, 3.05) is 11.5 Å². The van der Waals surface area contributed by atoms with Crippen LogP contribution in [0.25, 0.3) is 0 Å². The zero-order valence-electron chi connectivity index (χ0n) is 9.35. The molecule has 1 atom stereocenters. The van der Waals surface area contributed by atoms with E-state index < -0.39 is 5.97 Å². The number of carboxylic acid groups (broad SMARTS) is 1. The van der Waals surface area contributed by atoms with Gasteiger partial charge in [-0.25, -0.2) is 4.79 Å². The molecule has 2 heterocycles. The van der Waals surface area contributed by atoms with Crippen LogP contribution in [0.1, 0.15) is 29.0 Å². The molecular weight excluding hydrogens is 224 g/mol. The molecule has 1 aliphatic heterocycles. The van der Waals surface area contributed by atoms with Crippen LogP contribution in [0.3, 0.4) is 0 Å². The van der Waals surface area contributed by atoms with Gasteiger partial charge in [0.15, 0.2) is 0 Å². The van der Waals surface area contributed by atoms with Gasteiger partial charge in [0, 0.05) is 7.05 Å². The Morgan fingerprint density at radius 2 is 2.56 bits per heavy atom. The lowest BCUT2D eigenvalue weighted by Crippen LogP contribution is -2.13. The summed E-state index contributed by atoms with van der Waals surface area (Å²) in [4.78, 5) is 10.9. The number of nitrogens with zero attached hydrogens (tertiary/aromatic N) is 2. The summed E-state index contributed by atoms with van der Waals surface area (Å²) in [5, 5.41) is 13.2. The van der Waals surface area contributed by atoms with Gasteiger partial charge in [-0.05, 0) is 42.8 Å². The molecule has 1 aliphatic rings. The van der Waals surface area contributed by atoms with Crippen LogP contribution < -0.4 is 0 Å². The molecule has 1 unspecified atom stereocenters. The fourth-order valence-corrected chi connectivity index (χ4v) is 3.25. The van der Waals surface area contributed by atoms with Crippen LogP contribution in [0.2, 0.25) is 0 Å². The maximum Gasteiger partial charge on any atom is 0.354 e. The van der Waals surface area contributed by atoms with Crippen molar-refractivity contribution in [1.82, 2.24) is 9.78 Å². The molecular formula is C11H16N2O2S. The summed E-state index contributed by atoms with van der Waals surface area (Å²) in [6, 6.07) is 1.70. The van der Waals surface area contributed by atoms with E-state index in [0.717, 1.165) is 12.1 Å². The van der Waals surface area contributed by atoms with E-state index in [0.29, 0.717) is 5.92 Å². The van der Waals surface area contributed by atoms with Crippen LogP contribution in [0.15, 0.2) is 6.07 Å². The fourth-order valence-electron chi connectivity index (χ4n) is 2.09. The summed E-state index contributed by atoms with van der Waals surface area (Å²) >= 11 is 1.99. The van der Waals surface area contributed by atoms with Crippen LogP contribution >= 0.6 is 11.8 Å². The summed E-state index contributed by atoms with van der Waals surface area (Å²) in [5.41, 5.74) is 1.19. The summed E-state index contributed by atoms with van der Waals surface area (Å²) in [6.07, 6.45) is 3.42. The SMILES string of the molecule is Cn1nc(CC2CCCSC2)cc1C(=O)O. The van der Waals surface area contributed by atoms with E-state index in [4.69, 9.17) is 5.11 Å². The number of hydrogen-bond donors (Lipinski definition) is 1. The van der Waals surface area contributed by atoms with Gasteiger partial charge in [0.1, 0.15) is 5.69 Å². The first-order valence-electron chi connectivity index (χ1n) is 5.51. The van der Waals surface area contributed by atoms with Gasteiger partial charge in [0.05, 0.1) is 5.69 Å². The third-order valence-electron chi connectivity index (χ3n) is 2.90. The third-order valence-corrected chi connectivity index (χ3v) is 4.19. The quantitative estimate of drug-likeness (QED) is 0.875. The first-order valence-corrected chi connectivity index (χ1v) is 6.66. The molecule has 0 aromatic carbocycles. The average Bonchev–Trinajstić information content (AvgIpc) is 2.61. The van der Waals surface area contributed by atoms with Gasteiger partial charge >= 0.3 is 5.97 Å². The highest BCUT2D eigenvalue weighted by molar-refractivity contribution is 7.99. The van der Waals surface area contributed by atoms with Crippen LogP contribution in [-0.2, 0) is 13.5 Å². The molecule has 0 aliphatic carbocycles. The van der Waals surface area contributed by atoms with Crippen LogP contribution in [0, 0.1) is 5.92 Å².